The van der Waals surface area contributed by atoms with Gasteiger partial charge in [0.1, 0.15) is 0 Å². The Hall–Kier alpha value is -3.19. The molecule has 0 saturated heterocycles. The van der Waals surface area contributed by atoms with Crippen LogP contribution in [0.15, 0.2) is 78.0 Å². The molecule has 3 rings (SSSR count). The van der Waals surface area contributed by atoms with Crippen molar-refractivity contribution in [2.75, 3.05) is 4.72 Å². The van der Waals surface area contributed by atoms with Gasteiger partial charge in [-0.3, -0.25) is 14.5 Å². The van der Waals surface area contributed by atoms with Gasteiger partial charge in [-0.15, -0.1) is 0 Å². The molecule has 1 atom stereocenters. The Labute approximate surface area is 183 Å². The fourth-order valence-corrected chi connectivity index (χ4v) is 4.51. The standard InChI is InChI=1S/C24H26N2O4S/c1-18-8-14-22(15-9-18)31(29,30)26-21-12-10-19(11-13-21)23(6-2-3-7-24(27)28)20-5-4-16-25-17-20/h4-5,8-17,23,26H,2-3,6-7H2,1H3,(H,27,28). The minimum absolute atomic E-state index is 0.0604. The Bertz CT molecular complexity index is 1100. The van der Waals surface area contributed by atoms with E-state index in [9.17, 15) is 13.2 Å². The highest BCUT2D eigenvalue weighted by molar-refractivity contribution is 7.92. The second kappa shape index (κ2) is 10.2. The van der Waals surface area contributed by atoms with E-state index in [0.29, 0.717) is 12.1 Å². The van der Waals surface area contributed by atoms with Gasteiger partial charge in [0.05, 0.1) is 4.90 Å². The van der Waals surface area contributed by atoms with E-state index in [1.807, 2.05) is 37.4 Å². The Kier molecular flexibility index (Phi) is 7.41. The molecule has 6 nitrogen and oxygen atoms in total. The van der Waals surface area contributed by atoms with E-state index in [0.717, 1.165) is 29.5 Å². The van der Waals surface area contributed by atoms with Crippen molar-refractivity contribution in [3.63, 3.8) is 0 Å². The first-order valence-corrected chi connectivity index (χ1v) is 11.6. The van der Waals surface area contributed by atoms with Gasteiger partial charge in [0.2, 0.25) is 0 Å². The molecule has 2 aromatic carbocycles. The number of carboxylic acids is 1. The number of aromatic nitrogens is 1. The molecule has 0 bridgehead atoms. The average molecular weight is 439 g/mol. The monoisotopic (exact) mass is 438 g/mol. The van der Waals surface area contributed by atoms with E-state index >= 15 is 0 Å². The van der Waals surface area contributed by atoms with Gasteiger partial charge in [0.15, 0.2) is 0 Å². The molecule has 0 aliphatic rings. The lowest BCUT2D eigenvalue weighted by Gasteiger charge is -2.18. The number of sulfonamides is 1. The number of pyridine rings is 1. The van der Waals surface area contributed by atoms with Gasteiger partial charge in [-0.25, -0.2) is 8.42 Å². The molecule has 2 N–H and O–H groups in total. The van der Waals surface area contributed by atoms with Crippen LogP contribution < -0.4 is 4.72 Å². The molecule has 0 saturated carbocycles. The summed E-state index contributed by atoms with van der Waals surface area (Å²) >= 11 is 0. The Balaban J connectivity index is 1.75. The van der Waals surface area contributed by atoms with Crippen LogP contribution >= 0.6 is 0 Å². The summed E-state index contributed by atoms with van der Waals surface area (Å²) in [7, 11) is -3.66. The van der Waals surface area contributed by atoms with E-state index in [4.69, 9.17) is 5.11 Å². The highest BCUT2D eigenvalue weighted by Crippen LogP contribution is 2.30. The molecule has 31 heavy (non-hydrogen) atoms. The number of carbonyl (C=O) groups is 1. The van der Waals surface area contributed by atoms with Crippen molar-refractivity contribution in [2.45, 2.75) is 43.4 Å². The van der Waals surface area contributed by atoms with Crippen molar-refractivity contribution in [2.24, 2.45) is 0 Å². The molecule has 0 aliphatic heterocycles. The minimum atomic E-state index is -3.66. The SMILES string of the molecule is Cc1ccc(S(=O)(=O)Nc2ccc(C(CCCCC(=O)O)c3cccnc3)cc2)cc1. The largest absolute Gasteiger partial charge is 0.481 e. The Morgan fingerprint density at radius 3 is 2.32 bits per heavy atom. The number of aryl methyl sites for hydroxylation is 1. The van der Waals surface area contributed by atoms with Crippen LogP contribution in [-0.4, -0.2) is 24.5 Å². The van der Waals surface area contributed by atoms with E-state index in [1.54, 1.807) is 42.6 Å². The third kappa shape index (κ3) is 6.39. The molecule has 0 amide bonds. The van der Waals surface area contributed by atoms with E-state index < -0.39 is 16.0 Å². The summed E-state index contributed by atoms with van der Waals surface area (Å²) < 4.78 is 27.8. The number of hydrogen-bond acceptors (Lipinski definition) is 4. The first-order valence-electron chi connectivity index (χ1n) is 10.2. The molecule has 7 heteroatoms. The van der Waals surface area contributed by atoms with Crippen molar-refractivity contribution in [3.8, 4) is 0 Å². The number of rotatable bonds is 10. The molecule has 1 heterocycles. The third-order valence-corrected chi connectivity index (χ3v) is 6.51. The number of hydrogen-bond donors (Lipinski definition) is 2. The van der Waals surface area contributed by atoms with E-state index in [2.05, 4.69) is 9.71 Å². The van der Waals surface area contributed by atoms with Gasteiger partial charge in [0, 0.05) is 30.4 Å². The third-order valence-electron chi connectivity index (χ3n) is 5.12. The van der Waals surface area contributed by atoms with Crippen LogP contribution in [0.25, 0.3) is 0 Å². The first kappa shape index (κ1) is 22.5. The summed E-state index contributed by atoms with van der Waals surface area (Å²) in [5, 5.41) is 8.87. The molecule has 0 aliphatic carbocycles. The number of benzene rings is 2. The normalized spacial score (nSPS) is 12.3. The molecular formula is C24H26N2O4S. The summed E-state index contributed by atoms with van der Waals surface area (Å²) in [6.45, 7) is 1.91. The zero-order valence-electron chi connectivity index (χ0n) is 17.4. The van der Waals surface area contributed by atoms with Gasteiger partial charge < -0.3 is 5.11 Å². The first-order chi connectivity index (χ1) is 14.8. The van der Waals surface area contributed by atoms with Crippen LogP contribution in [0.4, 0.5) is 5.69 Å². The van der Waals surface area contributed by atoms with Crippen LogP contribution in [-0.2, 0) is 14.8 Å². The van der Waals surface area contributed by atoms with Gasteiger partial charge in [-0.1, -0.05) is 42.3 Å². The van der Waals surface area contributed by atoms with Gasteiger partial charge in [-0.05, 0) is 61.2 Å². The van der Waals surface area contributed by atoms with Crippen LogP contribution in [0.5, 0.6) is 0 Å². The highest BCUT2D eigenvalue weighted by Gasteiger charge is 2.17. The number of nitrogens with one attached hydrogen (secondary N) is 1. The predicted octanol–water partition coefficient (Wildman–Crippen LogP) is 4.97. The molecule has 0 spiro atoms. The number of anilines is 1. The van der Waals surface area contributed by atoms with Crippen molar-refractivity contribution < 1.29 is 18.3 Å². The smallest absolute Gasteiger partial charge is 0.303 e. The molecule has 0 radical (unpaired) electrons. The second-order valence-corrected chi connectivity index (χ2v) is 9.20. The van der Waals surface area contributed by atoms with Crippen molar-refractivity contribution in [1.29, 1.82) is 0 Å². The second-order valence-electron chi connectivity index (χ2n) is 7.52. The average Bonchev–Trinajstić information content (AvgIpc) is 2.75. The quantitative estimate of drug-likeness (QED) is 0.436. The molecule has 1 unspecified atom stereocenters. The summed E-state index contributed by atoms with van der Waals surface area (Å²) in [5.74, 6) is -0.728. The number of unbranched alkanes of at least 4 members (excludes halogenated alkanes) is 1. The van der Waals surface area contributed by atoms with Gasteiger partial charge in [0.25, 0.3) is 10.0 Å². The summed E-state index contributed by atoms with van der Waals surface area (Å²) in [6, 6.07) is 17.9. The number of nitrogens with zero attached hydrogens (tertiary/aromatic N) is 1. The molecular weight excluding hydrogens is 412 g/mol. The Morgan fingerprint density at radius 1 is 1.00 bits per heavy atom. The molecule has 0 fully saturated rings. The highest BCUT2D eigenvalue weighted by atomic mass is 32.2. The summed E-state index contributed by atoms with van der Waals surface area (Å²) in [4.78, 5) is 15.2. The van der Waals surface area contributed by atoms with Crippen LogP contribution in [0.2, 0.25) is 0 Å². The zero-order chi connectivity index (χ0) is 22.3. The maximum Gasteiger partial charge on any atom is 0.303 e. The van der Waals surface area contributed by atoms with Crippen LogP contribution in [0, 0.1) is 6.92 Å². The Morgan fingerprint density at radius 2 is 1.71 bits per heavy atom. The maximum atomic E-state index is 12.6. The van der Waals surface area contributed by atoms with Crippen LogP contribution in [0.1, 0.15) is 48.3 Å². The van der Waals surface area contributed by atoms with E-state index in [-0.39, 0.29) is 17.2 Å². The number of aliphatic carboxylic acids is 1. The van der Waals surface area contributed by atoms with Gasteiger partial charge >= 0.3 is 5.97 Å². The molecule has 3 aromatic rings. The lowest BCUT2D eigenvalue weighted by molar-refractivity contribution is -0.137. The van der Waals surface area contributed by atoms with E-state index in [1.165, 1.54) is 0 Å². The molecule has 1 aromatic heterocycles. The predicted molar refractivity (Wildman–Crippen MR) is 121 cm³/mol. The summed E-state index contributed by atoms with van der Waals surface area (Å²) in [5.41, 5.74) is 3.56. The minimum Gasteiger partial charge on any atom is -0.481 e. The van der Waals surface area contributed by atoms with Gasteiger partial charge in [-0.2, -0.15) is 0 Å². The van der Waals surface area contributed by atoms with Crippen molar-refractivity contribution >= 4 is 21.7 Å². The topological polar surface area (TPSA) is 96.4 Å². The lowest BCUT2D eigenvalue weighted by atomic mass is 9.87. The zero-order valence-corrected chi connectivity index (χ0v) is 18.2. The summed E-state index contributed by atoms with van der Waals surface area (Å²) in [6.07, 6.45) is 5.85. The fourth-order valence-electron chi connectivity index (χ4n) is 3.45. The maximum absolute atomic E-state index is 12.6. The lowest BCUT2D eigenvalue weighted by Crippen LogP contribution is -2.13. The fraction of sp³-hybridized carbons (Fsp3) is 0.250. The number of carboxylic acid groups (broad SMARTS) is 1. The molecule has 162 valence electrons. The van der Waals surface area contributed by atoms with Crippen molar-refractivity contribution in [3.05, 3.63) is 89.7 Å². The van der Waals surface area contributed by atoms with Crippen LogP contribution in [0.3, 0.4) is 0 Å². The van der Waals surface area contributed by atoms with Crippen molar-refractivity contribution in [1.82, 2.24) is 4.98 Å².